The van der Waals surface area contributed by atoms with Crippen molar-refractivity contribution in [1.82, 2.24) is 4.90 Å². The second-order valence-corrected chi connectivity index (χ2v) is 6.65. The van der Waals surface area contributed by atoms with E-state index in [4.69, 9.17) is 9.47 Å². The minimum atomic E-state index is -0.516. The summed E-state index contributed by atoms with van der Waals surface area (Å²) in [6, 6.07) is 0. The standard InChI is InChI=1S/C20H37NO4/c1-4-5-6-7-8-9-10-11-12-13-17-24-19(22)14-15-20(23)25-18-16-21(2)3/h14-15H,4-13,16-18H2,1-3H3/b15-14-. The summed E-state index contributed by atoms with van der Waals surface area (Å²) in [4.78, 5) is 24.7. The highest BCUT2D eigenvalue weighted by Crippen LogP contribution is 2.10. The summed E-state index contributed by atoms with van der Waals surface area (Å²) in [7, 11) is 3.79. The molecule has 25 heavy (non-hydrogen) atoms. The summed E-state index contributed by atoms with van der Waals surface area (Å²) < 4.78 is 10.0. The molecule has 0 saturated heterocycles. The van der Waals surface area contributed by atoms with Gasteiger partial charge in [-0.05, 0) is 20.5 Å². The number of ether oxygens (including phenoxy) is 2. The molecule has 0 aromatic heterocycles. The van der Waals surface area contributed by atoms with Crippen LogP contribution in [0.2, 0.25) is 0 Å². The van der Waals surface area contributed by atoms with E-state index in [2.05, 4.69) is 6.92 Å². The van der Waals surface area contributed by atoms with E-state index in [9.17, 15) is 9.59 Å². The van der Waals surface area contributed by atoms with Crippen molar-refractivity contribution in [2.75, 3.05) is 33.9 Å². The van der Waals surface area contributed by atoms with E-state index in [1.165, 1.54) is 51.4 Å². The van der Waals surface area contributed by atoms with E-state index in [1.54, 1.807) is 0 Å². The van der Waals surface area contributed by atoms with E-state index in [-0.39, 0.29) is 0 Å². The maximum Gasteiger partial charge on any atom is 0.331 e. The molecule has 0 spiro atoms. The van der Waals surface area contributed by atoms with Crippen LogP contribution in [0.5, 0.6) is 0 Å². The quantitative estimate of drug-likeness (QED) is 0.237. The zero-order valence-corrected chi connectivity index (χ0v) is 16.4. The van der Waals surface area contributed by atoms with Gasteiger partial charge < -0.3 is 14.4 Å². The molecule has 0 unspecified atom stereocenters. The highest BCUT2D eigenvalue weighted by molar-refractivity contribution is 5.91. The maximum atomic E-state index is 11.5. The Balaban J connectivity index is 3.43. The Labute approximate surface area is 153 Å². The number of hydrogen-bond donors (Lipinski definition) is 0. The molecule has 0 amide bonds. The van der Waals surface area contributed by atoms with Crippen molar-refractivity contribution < 1.29 is 19.1 Å². The van der Waals surface area contributed by atoms with Crippen LogP contribution >= 0.6 is 0 Å². The zero-order chi connectivity index (χ0) is 18.8. The van der Waals surface area contributed by atoms with Gasteiger partial charge in [0.15, 0.2) is 0 Å². The summed E-state index contributed by atoms with van der Waals surface area (Å²) in [6.07, 6.45) is 14.7. The molecule has 0 aromatic rings. The number of nitrogens with zero attached hydrogens (tertiary/aromatic N) is 1. The van der Waals surface area contributed by atoms with Crippen molar-refractivity contribution >= 4 is 11.9 Å². The number of hydrogen-bond acceptors (Lipinski definition) is 5. The smallest absolute Gasteiger partial charge is 0.331 e. The summed E-state index contributed by atoms with van der Waals surface area (Å²) in [5.41, 5.74) is 0. The van der Waals surface area contributed by atoms with Gasteiger partial charge in [-0.25, -0.2) is 9.59 Å². The first-order valence-electron chi connectivity index (χ1n) is 9.72. The second kappa shape index (κ2) is 17.5. The fraction of sp³-hybridized carbons (Fsp3) is 0.800. The lowest BCUT2D eigenvalue weighted by Crippen LogP contribution is -2.19. The van der Waals surface area contributed by atoms with E-state index < -0.39 is 11.9 Å². The zero-order valence-electron chi connectivity index (χ0n) is 16.4. The largest absolute Gasteiger partial charge is 0.463 e. The number of carbonyl (C=O) groups is 2. The van der Waals surface area contributed by atoms with E-state index >= 15 is 0 Å². The van der Waals surface area contributed by atoms with Gasteiger partial charge in [0.2, 0.25) is 0 Å². The van der Waals surface area contributed by atoms with Gasteiger partial charge in [0.05, 0.1) is 6.61 Å². The molecule has 0 aliphatic carbocycles. The van der Waals surface area contributed by atoms with Gasteiger partial charge in [-0.3, -0.25) is 0 Å². The van der Waals surface area contributed by atoms with E-state index in [1.807, 2.05) is 19.0 Å². The summed E-state index contributed by atoms with van der Waals surface area (Å²) in [6.45, 7) is 3.61. The Kier molecular flexibility index (Phi) is 16.5. The van der Waals surface area contributed by atoms with Gasteiger partial charge in [0.25, 0.3) is 0 Å². The van der Waals surface area contributed by atoms with Crippen LogP contribution in [-0.4, -0.2) is 50.7 Å². The van der Waals surface area contributed by atoms with Gasteiger partial charge in [-0.2, -0.15) is 0 Å². The molecule has 0 atom stereocenters. The molecule has 0 N–H and O–H groups in total. The SMILES string of the molecule is CCCCCCCCCCCCOC(=O)/C=C\C(=O)OCCN(C)C. The number of carbonyl (C=O) groups excluding carboxylic acids is 2. The third kappa shape index (κ3) is 18.8. The average Bonchev–Trinajstić information content (AvgIpc) is 2.57. The number of likely N-dealkylation sites (N-methyl/N-ethyl adjacent to an activating group) is 1. The third-order valence-electron chi connectivity index (χ3n) is 3.88. The molecule has 0 aliphatic heterocycles. The predicted molar refractivity (Wildman–Crippen MR) is 101 cm³/mol. The Hall–Kier alpha value is -1.36. The molecular weight excluding hydrogens is 318 g/mol. The molecule has 0 bridgehead atoms. The molecule has 0 radical (unpaired) electrons. The molecule has 0 rings (SSSR count). The van der Waals surface area contributed by atoms with Crippen molar-refractivity contribution in [2.24, 2.45) is 0 Å². The van der Waals surface area contributed by atoms with Crippen LogP contribution in [0.3, 0.4) is 0 Å². The molecule has 0 heterocycles. The Morgan fingerprint density at radius 3 is 1.64 bits per heavy atom. The molecule has 0 aliphatic rings. The first-order chi connectivity index (χ1) is 12.1. The van der Waals surface area contributed by atoms with Crippen LogP contribution in [0.15, 0.2) is 12.2 Å². The molecule has 0 saturated carbocycles. The van der Waals surface area contributed by atoms with Crippen LogP contribution in [-0.2, 0) is 19.1 Å². The van der Waals surface area contributed by atoms with Crippen LogP contribution < -0.4 is 0 Å². The molecule has 0 fully saturated rings. The minimum absolute atomic E-state index is 0.309. The maximum absolute atomic E-state index is 11.5. The normalized spacial score (nSPS) is 11.2. The van der Waals surface area contributed by atoms with Gasteiger partial charge in [0.1, 0.15) is 6.61 Å². The minimum Gasteiger partial charge on any atom is -0.463 e. The van der Waals surface area contributed by atoms with Crippen molar-refractivity contribution in [3.8, 4) is 0 Å². The van der Waals surface area contributed by atoms with Crippen molar-refractivity contribution in [1.29, 1.82) is 0 Å². The van der Waals surface area contributed by atoms with Crippen LogP contribution in [0.1, 0.15) is 71.1 Å². The molecule has 0 aromatic carbocycles. The average molecular weight is 356 g/mol. The first-order valence-corrected chi connectivity index (χ1v) is 9.72. The molecular formula is C20H37NO4. The highest BCUT2D eigenvalue weighted by Gasteiger charge is 2.01. The monoisotopic (exact) mass is 355 g/mol. The van der Waals surface area contributed by atoms with Crippen LogP contribution in [0, 0.1) is 0 Å². The third-order valence-corrected chi connectivity index (χ3v) is 3.88. The predicted octanol–water partition coefficient (Wildman–Crippen LogP) is 4.11. The summed E-state index contributed by atoms with van der Waals surface area (Å²) >= 11 is 0. The second-order valence-electron chi connectivity index (χ2n) is 6.65. The molecule has 5 nitrogen and oxygen atoms in total. The van der Waals surface area contributed by atoms with Crippen molar-refractivity contribution in [3.63, 3.8) is 0 Å². The summed E-state index contributed by atoms with van der Waals surface area (Å²) in [5.74, 6) is -1.00. The Morgan fingerprint density at radius 1 is 0.720 bits per heavy atom. The van der Waals surface area contributed by atoms with Gasteiger partial charge in [0, 0.05) is 18.7 Å². The van der Waals surface area contributed by atoms with Gasteiger partial charge in [-0.15, -0.1) is 0 Å². The lowest BCUT2D eigenvalue weighted by molar-refractivity contribution is -0.140. The van der Waals surface area contributed by atoms with Crippen LogP contribution in [0.4, 0.5) is 0 Å². The molecule has 146 valence electrons. The van der Waals surface area contributed by atoms with Gasteiger partial charge in [-0.1, -0.05) is 64.7 Å². The van der Waals surface area contributed by atoms with Crippen molar-refractivity contribution in [3.05, 3.63) is 12.2 Å². The number of unbranched alkanes of at least 4 members (excludes halogenated alkanes) is 9. The highest BCUT2D eigenvalue weighted by atomic mass is 16.5. The van der Waals surface area contributed by atoms with Crippen molar-refractivity contribution in [2.45, 2.75) is 71.1 Å². The Bertz CT molecular complexity index is 367. The molecule has 5 heteroatoms. The van der Waals surface area contributed by atoms with Gasteiger partial charge >= 0.3 is 11.9 Å². The fourth-order valence-corrected chi connectivity index (χ4v) is 2.32. The van der Waals surface area contributed by atoms with Crippen LogP contribution in [0.25, 0.3) is 0 Å². The number of esters is 2. The first kappa shape index (κ1) is 23.6. The number of rotatable bonds is 16. The van der Waals surface area contributed by atoms with E-state index in [0.717, 1.165) is 25.0 Å². The Morgan fingerprint density at radius 2 is 1.16 bits per heavy atom. The van der Waals surface area contributed by atoms with E-state index in [0.29, 0.717) is 19.8 Å². The fourth-order valence-electron chi connectivity index (χ4n) is 2.32. The lowest BCUT2D eigenvalue weighted by Gasteiger charge is -2.08. The summed E-state index contributed by atoms with van der Waals surface area (Å²) in [5, 5.41) is 0. The topological polar surface area (TPSA) is 55.8 Å². The lowest BCUT2D eigenvalue weighted by atomic mass is 10.1.